The number of carbonyl (C=O) groups is 1. The second-order valence-electron chi connectivity index (χ2n) is 4.76. The standard InChI is InChI=1S/C17H12Cl3N3O/c18-13-3-1-11(2-4-13)9-22-10-12(8-21)17(24)23-16-6-5-14(19)7-15(16)20/h1-7,10,22H,9H2,(H,23,24)/b12-10-. The maximum Gasteiger partial charge on any atom is 0.267 e. The van der Waals surface area contributed by atoms with E-state index < -0.39 is 5.91 Å². The van der Waals surface area contributed by atoms with E-state index in [1.54, 1.807) is 24.3 Å². The molecule has 0 saturated carbocycles. The smallest absolute Gasteiger partial charge is 0.267 e. The van der Waals surface area contributed by atoms with Crippen molar-refractivity contribution >= 4 is 46.4 Å². The lowest BCUT2D eigenvalue weighted by Gasteiger charge is -2.07. The van der Waals surface area contributed by atoms with Crippen molar-refractivity contribution in [3.8, 4) is 6.07 Å². The molecule has 4 nitrogen and oxygen atoms in total. The number of halogens is 3. The van der Waals surface area contributed by atoms with Gasteiger partial charge in [0.05, 0.1) is 10.7 Å². The Morgan fingerprint density at radius 1 is 1.08 bits per heavy atom. The summed E-state index contributed by atoms with van der Waals surface area (Å²) >= 11 is 17.6. The van der Waals surface area contributed by atoms with E-state index in [1.807, 2.05) is 18.2 Å². The first-order valence-electron chi connectivity index (χ1n) is 6.84. The van der Waals surface area contributed by atoms with E-state index in [0.29, 0.717) is 27.3 Å². The molecule has 2 aromatic rings. The van der Waals surface area contributed by atoms with Crippen LogP contribution in [0, 0.1) is 11.3 Å². The number of anilines is 1. The van der Waals surface area contributed by atoms with Crippen LogP contribution in [-0.4, -0.2) is 5.91 Å². The Morgan fingerprint density at radius 3 is 2.38 bits per heavy atom. The van der Waals surface area contributed by atoms with Gasteiger partial charge in [0, 0.05) is 22.8 Å². The molecule has 0 radical (unpaired) electrons. The first kappa shape index (κ1) is 18.2. The molecular weight excluding hydrogens is 369 g/mol. The molecule has 2 aromatic carbocycles. The fourth-order valence-corrected chi connectivity index (χ4v) is 2.38. The van der Waals surface area contributed by atoms with Crippen LogP contribution in [0.3, 0.4) is 0 Å². The van der Waals surface area contributed by atoms with Crippen molar-refractivity contribution in [2.24, 2.45) is 0 Å². The maximum atomic E-state index is 12.1. The molecule has 0 aliphatic carbocycles. The predicted octanol–water partition coefficient (Wildman–Crippen LogP) is 4.78. The highest BCUT2D eigenvalue weighted by Crippen LogP contribution is 2.25. The number of rotatable bonds is 5. The summed E-state index contributed by atoms with van der Waals surface area (Å²) < 4.78 is 0. The van der Waals surface area contributed by atoms with Gasteiger partial charge in [-0.1, -0.05) is 46.9 Å². The molecule has 0 aromatic heterocycles. The van der Waals surface area contributed by atoms with E-state index in [9.17, 15) is 4.79 Å². The average Bonchev–Trinajstić information content (AvgIpc) is 2.56. The van der Waals surface area contributed by atoms with Gasteiger partial charge in [-0.3, -0.25) is 4.79 Å². The first-order chi connectivity index (χ1) is 11.5. The normalized spacial score (nSPS) is 10.8. The molecular formula is C17H12Cl3N3O. The van der Waals surface area contributed by atoms with Crippen LogP contribution in [0.1, 0.15) is 5.56 Å². The fourth-order valence-electron chi connectivity index (χ4n) is 1.80. The van der Waals surface area contributed by atoms with Crippen molar-refractivity contribution in [1.82, 2.24) is 5.32 Å². The van der Waals surface area contributed by atoms with Gasteiger partial charge in [-0.25, -0.2) is 0 Å². The number of hydrogen-bond acceptors (Lipinski definition) is 3. The lowest BCUT2D eigenvalue weighted by molar-refractivity contribution is -0.112. The summed E-state index contributed by atoms with van der Waals surface area (Å²) in [6, 6.07) is 13.7. The van der Waals surface area contributed by atoms with E-state index >= 15 is 0 Å². The Morgan fingerprint density at radius 2 is 1.75 bits per heavy atom. The topological polar surface area (TPSA) is 64.9 Å². The SMILES string of the molecule is N#C/C(=C/NCc1ccc(Cl)cc1)C(=O)Nc1ccc(Cl)cc1Cl. The minimum absolute atomic E-state index is 0.0741. The molecule has 1 amide bonds. The number of carbonyl (C=O) groups excluding carboxylic acids is 1. The molecule has 0 aliphatic heterocycles. The summed E-state index contributed by atoms with van der Waals surface area (Å²) in [6.07, 6.45) is 1.35. The molecule has 0 aliphatic rings. The zero-order chi connectivity index (χ0) is 17.5. The summed E-state index contributed by atoms with van der Waals surface area (Å²) in [7, 11) is 0. The molecule has 2 rings (SSSR count). The van der Waals surface area contributed by atoms with Gasteiger partial charge in [0.25, 0.3) is 5.91 Å². The lowest BCUT2D eigenvalue weighted by atomic mass is 10.2. The molecule has 0 saturated heterocycles. The van der Waals surface area contributed by atoms with Gasteiger partial charge in [0.2, 0.25) is 0 Å². The van der Waals surface area contributed by atoms with Crippen LogP contribution in [0.5, 0.6) is 0 Å². The number of hydrogen-bond donors (Lipinski definition) is 2. The third-order valence-corrected chi connectivity index (χ3v) is 3.81. The minimum atomic E-state index is -0.565. The van der Waals surface area contributed by atoms with Crippen LogP contribution in [0.2, 0.25) is 15.1 Å². The second-order valence-corrected chi connectivity index (χ2v) is 6.04. The summed E-state index contributed by atoms with van der Waals surface area (Å²) in [5, 5.41) is 16.0. The maximum absolute atomic E-state index is 12.1. The van der Waals surface area contributed by atoms with Crippen LogP contribution in [-0.2, 0) is 11.3 Å². The molecule has 0 atom stereocenters. The zero-order valence-electron chi connectivity index (χ0n) is 12.3. The van der Waals surface area contributed by atoms with Crippen molar-refractivity contribution < 1.29 is 4.79 Å². The molecule has 2 N–H and O–H groups in total. The molecule has 7 heteroatoms. The Labute approximate surface area is 154 Å². The molecule has 0 fully saturated rings. The quantitative estimate of drug-likeness (QED) is 0.579. The molecule has 0 bridgehead atoms. The van der Waals surface area contributed by atoms with Gasteiger partial charge in [-0.15, -0.1) is 0 Å². The summed E-state index contributed by atoms with van der Waals surface area (Å²) in [4.78, 5) is 12.1. The van der Waals surface area contributed by atoms with Crippen LogP contribution >= 0.6 is 34.8 Å². The van der Waals surface area contributed by atoms with E-state index in [2.05, 4.69) is 10.6 Å². The second kappa shape index (κ2) is 8.60. The van der Waals surface area contributed by atoms with Crippen molar-refractivity contribution in [3.05, 3.63) is 74.9 Å². The summed E-state index contributed by atoms with van der Waals surface area (Å²) in [5.41, 5.74) is 1.27. The zero-order valence-corrected chi connectivity index (χ0v) is 14.6. The van der Waals surface area contributed by atoms with Gasteiger partial charge in [0.1, 0.15) is 11.6 Å². The van der Waals surface area contributed by atoms with Crippen molar-refractivity contribution in [3.63, 3.8) is 0 Å². The van der Waals surface area contributed by atoms with Gasteiger partial charge >= 0.3 is 0 Å². The molecule has 0 heterocycles. The highest BCUT2D eigenvalue weighted by Gasteiger charge is 2.11. The molecule has 24 heavy (non-hydrogen) atoms. The van der Waals surface area contributed by atoms with Crippen molar-refractivity contribution in [1.29, 1.82) is 5.26 Å². The number of benzene rings is 2. The Balaban J connectivity index is 2.00. The number of nitrogens with zero attached hydrogens (tertiary/aromatic N) is 1. The number of amides is 1. The largest absolute Gasteiger partial charge is 0.386 e. The van der Waals surface area contributed by atoms with E-state index in [-0.39, 0.29) is 5.57 Å². The Hall–Kier alpha value is -2.19. The summed E-state index contributed by atoms with van der Waals surface area (Å²) in [5.74, 6) is -0.565. The molecule has 0 unspecified atom stereocenters. The molecule has 122 valence electrons. The van der Waals surface area contributed by atoms with Crippen LogP contribution < -0.4 is 10.6 Å². The van der Waals surface area contributed by atoms with E-state index in [0.717, 1.165) is 5.56 Å². The van der Waals surface area contributed by atoms with Crippen LogP contribution in [0.15, 0.2) is 54.2 Å². The fraction of sp³-hybridized carbons (Fsp3) is 0.0588. The van der Waals surface area contributed by atoms with Crippen LogP contribution in [0.25, 0.3) is 0 Å². The van der Waals surface area contributed by atoms with E-state index in [1.165, 1.54) is 12.3 Å². The van der Waals surface area contributed by atoms with Gasteiger partial charge in [-0.05, 0) is 35.9 Å². The monoisotopic (exact) mass is 379 g/mol. The van der Waals surface area contributed by atoms with Gasteiger partial charge in [0.15, 0.2) is 0 Å². The van der Waals surface area contributed by atoms with Gasteiger partial charge < -0.3 is 10.6 Å². The third kappa shape index (κ3) is 5.17. The highest BCUT2D eigenvalue weighted by atomic mass is 35.5. The lowest BCUT2D eigenvalue weighted by Crippen LogP contribution is -2.16. The Bertz CT molecular complexity index is 811. The van der Waals surface area contributed by atoms with Crippen LogP contribution in [0.4, 0.5) is 5.69 Å². The number of nitrogens with one attached hydrogen (secondary N) is 2. The first-order valence-corrected chi connectivity index (χ1v) is 7.97. The van der Waals surface area contributed by atoms with Gasteiger partial charge in [-0.2, -0.15) is 5.26 Å². The average molecular weight is 381 g/mol. The summed E-state index contributed by atoms with van der Waals surface area (Å²) in [6.45, 7) is 0.456. The van der Waals surface area contributed by atoms with Crippen molar-refractivity contribution in [2.45, 2.75) is 6.54 Å². The third-order valence-electron chi connectivity index (χ3n) is 3.01. The highest BCUT2D eigenvalue weighted by molar-refractivity contribution is 6.36. The van der Waals surface area contributed by atoms with Crippen molar-refractivity contribution in [2.75, 3.05) is 5.32 Å². The number of nitriles is 1. The molecule has 0 spiro atoms. The van der Waals surface area contributed by atoms with E-state index in [4.69, 9.17) is 40.1 Å². The Kier molecular flexibility index (Phi) is 6.51. The predicted molar refractivity (Wildman–Crippen MR) is 97.1 cm³/mol. The minimum Gasteiger partial charge on any atom is -0.386 e.